The Bertz CT molecular complexity index is 1590. The van der Waals surface area contributed by atoms with Crippen molar-refractivity contribution in [1.82, 2.24) is 19.6 Å². The van der Waals surface area contributed by atoms with Crippen molar-refractivity contribution in [2.24, 2.45) is 5.41 Å². The van der Waals surface area contributed by atoms with Crippen LogP contribution in [0.15, 0.2) is 30.3 Å². The summed E-state index contributed by atoms with van der Waals surface area (Å²) in [6, 6.07) is 7.93. The van der Waals surface area contributed by atoms with Gasteiger partial charge in [-0.1, -0.05) is 17.9 Å². The van der Waals surface area contributed by atoms with Crippen molar-refractivity contribution in [3.05, 3.63) is 58.9 Å². The number of fused-ring (bicyclic) bond motifs is 4. The van der Waals surface area contributed by atoms with Crippen molar-refractivity contribution >= 4 is 28.2 Å². The molecule has 1 aliphatic carbocycles. The number of alkyl halides is 3. The molecule has 1 saturated carbocycles. The fourth-order valence-electron chi connectivity index (χ4n) is 5.03. The van der Waals surface area contributed by atoms with Crippen LogP contribution in [0.2, 0.25) is 0 Å². The third-order valence-electron chi connectivity index (χ3n) is 6.91. The number of hydrogen-bond acceptors (Lipinski definition) is 4. The maximum Gasteiger partial charge on any atom is 0.390 e. The van der Waals surface area contributed by atoms with Gasteiger partial charge in [0.05, 0.1) is 17.3 Å². The van der Waals surface area contributed by atoms with Gasteiger partial charge in [0.25, 0.3) is 5.78 Å². The Morgan fingerprint density at radius 1 is 1.08 bits per heavy atom. The van der Waals surface area contributed by atoms with Crippen LogP contribution in [0.5, 0.6) is 0 Å². The minimum Gasteiger partial charge on any atom is -0.325 e. The molecule has 36 heavy (non-hydrogen) atoms. The van der Waals surface area contributed by atoms with Crippen LogP contribution in [0.4, 0.5) is 33.5 Å². The maximum absolute atomic E-state index is 15.2. The van der Waals surface area contributed by atoms with Crippen LogP contribution in [0.1, 0.15) is 42.6 Å². The lowest BCUT2D eigenvalue weighted by Gasteiger charge is -2.32. The van der Waals surface area contributed by atoms with Crippen LogP contribution in [-0.4, -0.2) is 32.3 Å². The molecule has 0 bridgehead atoms. The first kappa shape index (κ1) is 22.7. The van der Waals surface area contributed by atoms with Crippen molar-refractivity contribution < 1.29 is 22.0 Å². The fourth-order valence-corrected chi connectivity index (χ4v) is 5.03. The van der Waals surface area contributed by atoms with Crippen molar-refractivity contribution in [1.29, 1.82) is 0 Å². The lowest BCUT2D eigenvalue weighted by Crippen LogP contribution is -2.27. The molecule has 0 atom stereocenters. The standard InChI is InChI=1S/C26H20F5N5/c1-15-33-34-24-32-23(21-20(36(15)24)8-7-18(27)22(21)28)35-13-3-5-17-16(4-2-6-19(17)35)9-10-25(11-12-25)14-26(29,30)31/h2,4,6-8H,3,5,11-14H2,1H3. The predicted molar refractivity (Wildman–Crippen MR) is 124 cm³/mol. The van der Waals surface area contributed by atoms with E-state index in [1.807, 2.05) is 11.0 Å². The van der Waals surface area contributed by atoms with Crippen molar-refractivity contribution in [3.8, 4) is 11.8 Å². The van der Waals surface area contributed by atoms with E-state index in [1.54, 1.807) is 23.5 Å². The van der Waals surface area contributed by atoms with E-state index in [-0.39, 0.29) is 17.0 Å². The number of benzene rings is 2. The maximum atomic E-state index is 15.2. The second-order valence-electron chi connectivity index (χ2n) is 9.45. The molecule has 3 heterocycles. The minimum atomic E-state index is -4.26. The minimum absolute atomic E-state index is 0.0110. The van der Waals surface area contributed by atoms with Gasteiger partial charge in [-0.15, -0.1) is 10.2 Å². The average molecular weight is 497 g/mol. The van der Waals surface area contributed by atoms with Gasteiger partial charge < -0.3 is 4.90 Å². The summed E-state index contributed by atoms with van der Waals surface area (Å²) >= 11 is 0. The highest BCUT2D eigenvalue weighted by atomic mass is 19.4. The van der Waals surface area contributed by atoms with E-state index in [1.165, 1.54) is 6.07 Å². The summed E-state index contributed by atoms with van der Waals surface area (Å²) < 4.78 is 70.1. The predicted octanol–water partition coefficient (Wildman–Crippen LogP) is 6.03. The molecule has 1 fully saturated rings. The number of nitrogens with zero attached hydrogens (tertiary/aromatic N) is 5. The van der Waals surface area contributed by atoms with E-state index < -0.39 is 29.6 Å². The highest BCUT2D eigenvalue weighted by molar-refractivity contribution is 5.94. The summed E-state index contributed by atoms with van der Waals surface area (Å²) in [5, 5.41) is 8.14. The molecule has 184 valence electrons. The normalized spacial score (nSPS) is 16.7. The molecule has 1 aliphatic heterocycles. The second kappa shape index (κ2) is 7.88. The number of aromatic nitrogens is 4. The summed E-state index contributed by atoms with van der Waals surface area (Å²) in [6.07, 6.45) is -2.98. The zero-order valence-corrected chi connectivity index (χ0v) is 19.3. The number of aryl methyl sites for hydroxylation is 1. The lowest BCUT2D eigenvalue weighted by molar-refractivity contribution is -0.142. The highest BCUT2D eigenvalue weighted by Gasteiger charge is 2.49. The summed E-state index contributed by atoms with van der Waals surface area (Å²) in [5.74, 6) is 4.84. The van der Waals surface area contributed by atoms with Gasteiger partial charge in [-0.3, -0.25) is 4.40 Å². The van der Waals surface area contributed by atoms with Crippen LogP contribution in [0.3, 0.4) is 0 Å². The molecule has 2 aromatic heterocycles. The molecule has 2 aliphatic rings. The molecule has 5 nitrogen and oxygen atoms in total. The first-order valence-corrected chi connectivity index (χ1v) is 11.6. The average Bonchev–Trinajstić information content (AvgIpc) is 3.49. The lowest BCUT2D eigenvalue weighted by atomic mass is 9.95. The third kappa shape index (κ3) is 3.74. The molecule has 0 amide bonds. The third-order valence-corrected chi connectivity index (χ3v) is 6.91. The Kier molecular flexibility index (Phi) is 4.97. The van der Waals surface area contributed by atoms with E-state index in [4.69, 9.17) is 0 Å². The van der Waals surface area contributed by atoms with Crippen LogP contribution in [-0.2, 0) is 6.42 Å². The van der Waals surface area contributed by atoms with Crippen molar-refractivity contribution in [3.63, 3.8) is 0 Å². The summed E-state index contributed by atoms with van der Waals surface area (Å²) in [5.41, 5.74) is 1.59. The second-order valence-corrected chi connectivity index (χ2v) is 9.45. The van der Waals surface area contributed by atoms with Gasteiger partial charge in [-0.05, 0) is 62.4 Å². The molecule has 0 radical (unpaired) electrons. The smallest absolute Gasteiger partial charge is 0.325 e. The topological polar surface area (TPSA) is 46.3 Å². The summed E-state index contributed by atoms with van der Waals surface area (Å²) in [4.78, 5) is 6.37. The van der Waals surface area contributed by atoms with Gasteiger partial charge >= 0.3 is 6.18 Å². The number of halogens is 5. The molecule has 0 unspecified atom stereocenters. The van der Waals surface area contributed by atoms with Crippen molar-refractivity contribution in [2.75, 3.05) is 11.4 Å². The van der Waals surface area contributed by atoms with Gasteiger partial charge in [-0.25, -0.2) is 8.78 Å². The molecule has 0 spiro atoms. The Balaban J connectivity index is 1.50. The molecular formula is C26H20F5N5. The largest absolute Gasteiger partial charge is 0.390 e. The molecule has 6 rings (SSSR count). The monoisotopic (exact) mass is 497 g/mol. The molecule has 0 N–H and O–H groups in total. The van der Waals surface area contributed by atoms with Gasteiger partial charge in [0.15, 0.2) is 11.6 Å². The van der Waals surface area contributed by atoms with Crippen LogP contribution < -0.4 is 4.90 Å². The number of hydrogen-bond donors (Lipinski definition) is 0. The van der Waals surface area contributed by atoms with Crippen molar-refractivity contribution in [2.45, 2.75) is 45.2 Å². The Morgan fingerprint density at radius 2 is 1.89 bits per heavy atom. The zero-order chi connectivity index (χ0) is 25.2. The highest BCUT2D eigenvalue weighted by Crippen LogP contribution is 2.52. The van der Waals surface area contributed by atoms with Crippen LogP contribution in [0, 0.1) is 35.8 Å². The molecule has 2 aromatic carbocycles. The molecule has 0 saturated heterocycles. The van der Waals surface area contributed by atoms with Crippen LogP contribution in [0.25, 0.3) is 16.7 Å². The summed E-state index contributed by atoms with van der Waals surface area (Å²) in [7, 11) is 0. The number of anilines is 2. The van der Waals surface area contributed by atoms with E-state index in [0.717, 1.165) is 11.6 Å². The molecule has 10 heteroatoms. The Morgan fingerprint density at radius 3 is 2.64 bits per heavy atom. The van der Waals surface area contributed by atoms with E-state index in [0.29, 0.717) is 54.8 Å². The van der Waals surface area contributed by atoms with Gasteiger partial charge in [0.1, 0.15) is 11.6 Å². The SMILES string of the molecule is Cc1nnc2nc(N3CCCc4c(C#CC5(CC(F)(F)F)CC5)cccc43)c3c(F)c(F)ccc3n12. The summed E-state index contributed by atoms with van der Waals surface area (Å²) in [6.45, 7) is 2.19. The first-order chi connectivity index (χ1) is 17.2. The van der Waals surface area contributed by atoms with Crippen LogP contribution >= 0.6 is 0 Å². The number of rotatable bonds is 2. The van der Waals surface area contributed by atoms with Gasteiger partial charge in [-0.2, -0.15) is 18.2 Å². The zero-order valence-electron chi connectivity index (χ0n) is 19.3. The Hall–Kier alpha value is -3.74. The van der Waals surface area contributed by atoms with Gasteiger partial charge in [0.2, 0.25) is 0 Å². The van der Waals surface area contributed by atoms with E-state index >= 15 is 4.39 Å². The molecular weight excluding hydrogens is 477 g/mol. The molecule has 4 aromatic rings. The van der Waals surface area contributed by atoms with E-state index in [9.17, 15) is 17.6 Å². The Labute approximate surface area is 203 Å². The quantitative estimate of drug-likeness (QED) is 0.251. The fraction of sp³-hybridized carbons (Fsp3) is 0.346. The first-order valence-electron chi connectivity index (χ1n) is 11.6. The van der Waals surface area contributed by atoms with Gasteiger partial charge in [0, 0.05) is 23.2 Å². The van der Waals surface area contributed by atoms with E-state index in [2.05, 4.69) is 27.0 Å².